The number of halogens is 3. The number of sulfonamides is 1. The van der Waals surface area contributed by atoms with Crippen molar-refractivity contribution in [1.29, 1.82) is 0 Å². The van der Waals surface area contributed by atoms with Crippen LogP contribution in [0.15, 0.2) is 0 Å². The van der Waals surface area contributed by atoms with E-state index in [0.717, 1.165) is 32.1 Å². The molecule has 5 unspecified atom stereocenters. The summed E-state index contributed by atoms with van der Waals surface area (Å²) in [5.41, 5.74) is -5.65. The number of aliphatic hydroxyl groups excluding tert-OH is 1. The van der Waals surface area contributed by atoms with Crippen molar-refractivity contribution in [2.45, 2.75) is 103 Å². The van der Waals surface area contributed by atoms with Crippen molar-refractivity contribution in [3.8, 4) is 0 Å². The van der Waals surface area contributed by atoms with Crippen LogP contribution in [0, 0.1) is 46.3 Å². The van der Waals surface area contributed by atoms with Gasteiger partial charge in [0.15, 0.2) is 0 Å². The maximum atomic E-state index is 13.4. The number of rotatable bonds is 6. The van der Waals surface area contributed by atoms with E-state index in [1.165, 1.54) is 0 Å². The Morgan fingerprint density at radius 2 is 1.69 bits per heavy atom. The zero-order valence-electron chi connectivity index (χ0n) is 20.9. The number of carbonyl (C=O) groups is 1. The Balaban J connectivity index is 1.68. The number of fused-ring (bicyclic) bond motifs is 5. The van der Waals surface area contributed by atoms with E-state index in [0.29, 0.717) is 25.7 Å². The highest BCUT2D eigenvalue weighted by molar-refractivity contribution is 7.90. The molecule has 10 atom stereocenters. The van der Waals surface area contributed by atoms with Crippen LogP contribution in [0.1, 0.15) is 85.0 Å². The van der Waals surface area contributed by atoms with Crippen LogP contribution in [0.3, 0.4) is 0 Å². The Kier molecular flexibility index (Phi) is 7.11. The maximum Gasteiger partial charge on any atom is 0.511 e. The zero-order valence-corrected chi connectivity index (χ0v) is 21.7. The quantitative estimate of drug-likeness (QED) is 0.458. The summed E-state index contributed by atoms with van der Waals surface area (Å²) in [6.07, 6.45) is 5.93. The Bertz CT molecular complexity index is 927. The molecule has 0 aromatic rings. The predicted molar refractivity (Wildman–Crippen MR) is 125 cm³/mol. The first kappa shape index (κ1) is 27.2. The van der Waals surface area contributed by atoms with Crippen LogP contribution in [-0.4, -0.2) is 42.3 Å². The van der Waals surface area contributed by atoms with Gasteiger partial charge in [-0.05, 0) is 104 Å². The van der Waals surface area contributed by atoms with Gasteiger partial charge < -0.3 is 10.2 Å². The van der Waals surface area contributed by atoms with E-state index in [1.54, 1.807) is 0 Å². The molecule has 202 valence electrons. The topological polar surface area (TPSA) is 104 Å². The summed E-state index contributed by atoms with van der Waals surface area (Å²) in [6, 6.07) is -0.812. The molecule has 0 heterocycles. The average Bonchev–Trinajstić information content (AvgIpc) is 3.09. The molecule has 6 nitrogen and oxygen atoms in total. The van der Waals surface area contributed by atoms with Crippen LogP contribution in [0.2, 0.25) is 0 Å². The fourth-order valence-corrected chi connectivity index (χ4v) is 9.95. The Labute approximate surface area is 206 Å². The Morgan fingerprint density at radius 1 is 1.06 bits per heavy atom. The van der Waals surface area contributed by atoms with Crippen molar-refractivity contribution in [3.63, 3.8) is 0 Å². The highest BCUT2D eigenvalue weighted by Gasteiger charge is 2.64. The molecule has 0 spiro atoms. The lowest BCUT2D eigenvalue weighted by Gasteiger charge is -2.63. The van der Waals surface area contributed by atoms with Crippen molar-refractivity contribution in [2.24, 2.45) is 46.3 Å². The van der Waals surface area contributed by atoms with Gasteiger partial charge in [0.2, 0.25) is 0 Å². The summed E-state index contributed by atoms with van der Waals surface area (Å²) < 4.78 is 66.8. The molecular formula is C25H40F3NO5S. The molecule has 4 saturated carbocycles. The van der Waals surface area contributed by atoms with Crippen LogP contribution in [0.4, 0.5) is 13.2 Å². The van der Waals surface area contributed by atoms with Gasteiger partial charge in [-0.1, -0.05) is 20.8 Å². The lowest BCUT2D eigenvalue weighted by atomic mass is 9.43. The van der Waals surface area contributed by atoms with Crippen LogP contribution >= 0.6 is 0 Å². The number of alkyl halides is 3. The van der Waals surface area contributed by atoms with E-state index in [4.69, 9.17) is 5.11 Å². The molecular weight excluding hydrogens is 483 g/mol. The predicted octanol–water partition coefficient (Wildman–Crippen LogP) is 4.92. The van der Waals surface area contributed by atoms with E-state index in [9.17, 15) is 31.5 Å². The standard InChI is InChI=1S/C25H40F3NO5S/c1-14(4-7-21(31)32)17-5-6-18-22-19(9-11-24(17,18)3)23(2)10-8-16(30)12-15(23)13-20(22)29-35(33,34)25(26,27)28/h14-20,22,29-30H,4-13H2,1-3H3,(H,31,32)/t14-,15?,16-,17-,18?,19?,20?,22?,23+,24-/m1/s1. The van der Waals surface area contributed by atoms with Crippen LogP contribution < -0.4 is 4.72 Å². The summed E-state index contributed by atoms with van der Waals surface area (Å²) in [7, 11) is -5.49. The fourth-order valence-electron chi connectivity index (χ4n) is 9.16. The van der Waals surface area contributed by atoms with Crippen LogP contribution in [-0.2, 0) is 14.8 Å². The van der Waals surface area contributed by atoms with Crippen molar-refractivity contribution in [2.75, 3.05) is 0 Å². The molecule has 0 radical (unpaired) electrons. The van der Waals surface area contributed by atoms with Gasteiger partial charge in [-0.3, -0.25) is 4.79 Å². The van der Waals surface area contributed by atoms with Crippen molar-refractivity contribution >= 4 is 16.0 Å². The number of nitrogens with one attached hydrogen (secondary N) is 1. The van der Waals surface area contributed by atoms with Crippen LogP contribution in [0.25, 0.3) is 0 Å². The lowest BCUT2D eigenvalue weighted by Crippen LogP contribution is -2.63. The smallest absolute Gasteiger partial charge is 0.481 e. The molecule has 4 rings (SSSR count). The van der Waals surface area contributed by atoms with E-state index < -0.39 is 33.6 Å². The average molecular weight is 524 g/mol. The summed E-state index contributed by atoms with van der Waals surface area (Å²) in [6.45, 7) is 6.50. The summed E-state index contributed by atoms with van der Waals surface area (Å²) in [4.78, 5) is 11.1. The number of hydrogen-bond donors (Lipinski definition) is 3. The fraction of sp³-hybridized carbons (Fsp3) is 0.960. The molecule has 4 aliphatic carbocycles. The highest BCUT2D eigenvalue weighted by atomic mass is 32.2. The molecule has 0 saturated heterocycles. The monoisotopic (exact) mass is 523 g/mol. The van der Waals surface area contributed by atoms with Gasteiger partial charge in [-0.15, -0.1) is 0 Å². The lowest BCUT2D eigenvalue weighted by molar-refractivity contribution is -0.141. The Morgan fingerprint density at radius 3 is 2.31 bits per heavy atom. The summed E-state index contributed by atoms with van der Waals surface area (Å²) in [5, 5.41) is 19.5. The number of carboxylic acid groups (broad SMARTS) is 1. The number of aliphatic hydroxyl groups is 1. The van der Waals surface area contributed by atoms with E-state index in [1.807, 2.05) is 0 Å². The third kappa shape index (κ3) is 4.65. The molecule has 0 bridgehead atoms. The highest BCUT2D eigenvalue weighted by Crippen LogP contribution is 2.68. The molecule has 0 aliphatic heterocycles. The number of aliphatic carboxylic acids is 1. The first-order chi connectivity index (χ1) is 16.1. The van der Waals surface area contributed by atoms with Gasteiger partial charge in [0.1, 0.15) is 0 Å². The SMILES string of the molecule is C[C@H](CCC(=O)O)[C@H]1CCC2C3C(NS(=O)(=O)C(F)(F)F)CC4C[C@H](O)CC[C@]4(C)C3CC[C@@]21C. The second kappa shape index (κ2) is 9.15. The Hall–Kier alpha value is -0.870. The number of hydrogen-bond acceptors (Lipinski definition) is 4. The largest absolute Gasteiger partial charge is 0.511 e. The first-order valence-corrected chi connectivity index (χ1v) is 14.6. The van der Waals surface area contributed by atoms with Gasteiger partial charge in [0, 0.05) is 12.5 Å². The third-order valence-electron chi connectivity index (χ3n) is 10.9. The first-order valence-electron chi connectivity index (χ1n) is 13.1. The van der Waals surface area contributed by atoms with Gasteiger partial charge >= 0.3 is 21.5 Å². The van der Waals surface area contributed by atoms with Crippen molar-refractivity contribution < 1.29 is 36.6 Å². The third-order valence-corrected chi connectivity index (χ3v) is 12.1. The molecule has 0 aromatic carbocycles. The molecule has 4 aliphatic rings. The second-order valence-electron chi connectivity index (χ2n) is 12.5. The minimum absolute atomic E-state index is 0.0236. The van der Waals surface area contributed by atoms with Crippen molar-refractivity contribution in [3.05, 3.63) is 0 Å². The van der Waals surface area contributed by atoms with E-state index in [-0.39, 0.29) is 52.8 Å². The normalized spacial score (nSPS) is 44.7. The summed E-state index contributed by atoms with van der Waals surface area (Å²) in [5.74, 6) is -0.410. The van der Waals surface area contributed by atoms with E-state index in [2.05, 4.69) is 25.5 Å². The molecule has 0 amide bonds. The van der Waals surface area contributed by atoms with Gasteiger partial charge in [-0.2, -0.15) is 13.2 Å². The second-order valence-corrected chi connectivity index (χ2v) is 14.2. The molecule has 35 heavy (non-hydrogen) atoms. The molecule has 10 heteroatoms. The van der Waals surface area contributed by atoms with Gasteiger partial charge in [-0.25, -0.2) is 13.1 Å². The van der Waals surface area contributed by atoms with Gasteiger partial charge in [0.25, 0.3) is 0 Å². The molecule has 3 N–H and O–H groups in total. The summed E-state index contributed by atoms with van der Waals surface area (Å²) >= 11 is 0. The molecule has 0 aromatic heterocycles. The minimum atomic E-state index is -5.49. The minimum Gasteiger partial charge on any atom is -0.481 e. The van der Waals surface area contributed by atoms with Crippen LogP contribution in [0.5, 0.6) is 0 Å². The maximum absolute atomic E-state index is 13.4. The van der Waals surface area contributed by atoms with Crippen molar-refractivity contribution in [1.82, 2.24) is 4.72 Å². The van der Waals surface area contributed by atoms with E-state index >= 15 is 0 Å². The zero-order chi connectivity index (χ0) is 26.0. The van der Waals surface area contributed by atoms with Gasteiger partial charge in [0.05, 0.1) is 6.10 Å². The molecule has 4 fully saturated rings. The number of carboxylic acids is 1.